The number of aromatic nitrogens is 2. The molecule has 1 rings (SSSR count). The molecule has 1 atom stereocenters. The first-order valence-corrected chi connectivity index (χ1v) is 8.14. The Morgan fingerprint density at radius 2 is 2.15 bits per heavy atom. The number of sulfonamides is 1. The van der Waals surface area contributed by atoms with Gasteiger partial charge in [-0.15, -0.1) is 0 Å². The fourth-order valence-corrected chi connectivity index (χ4v) is 3.49. The average Bonchev–Trinajstić information content (AvgIpc) is 2.73. The number of hydrogen-bond acceptors (Lipinski definition) is 5. The molecule has 0 aliphatic heterocycles. The van der Waals surface area contributed by atoms with Crippen LogP contribution in [-0.4, -0.2) is 45.4 Å². The number of methoxy groups -OCH3 is 1. The van der Waals surface area contributed by atoms with Gasteiger partial charge in [0.15, 0.2) is 5.03 Å². The van der Waals surface area contributed by atoms with Crippen molar-refractivity contribution in [3.63, 3.8) is 0 Å². The highest BCUT2D eigenvalue weighted by Gasteiger charge is 2.26. The van der Waals surface area contributed by atoms with Gasteiger partial charge in [0.2, 0.25) is 0 Å². The number of rotatable bonds is 9. The second-order valence-corrected chi connectivity index (χ2v) is 6.35. The van der Waals surface area contributed by atoms with Crippen LogP contribution in [0.3, 0.4) is 0 Å². The van der Waals surface area contributed by atoms with Crippen LogP contribution in [-0.2, 0) is 21.3 Å². The van der Waals surface area contributed by atoms with Crippen LogP contribution in [0, 0.1) is 6.92 Å². The molecule has 7 nitrogen and oxygen atoms in total. The summed E-state index contributed by atoms with van der Waals surface area (Å²) in [7, 11) is -0.326. The molecule has 1 heterocycles. The van der Waals surface area contributed by atoms with E-state index in [4.69, 9.17) is 4.74 Å². The number of aromatic amines is 1. The van der Waals surface area contributed by atoms with Crippen molar-refractivity contribution in [1.82, 2.24) is 20.2 Å². The monoisotopic (exact) mass is 304 g/mol. The first kappa shape index (κ1) is 17.1. The predicted octanol–water partition coefficient (Wildman–Crippen LogP) is 0.531. The maximum atomic E-state index is 12.4. The largest absolute Gasteiger partial charge is 0.383 e. The summed E-state index contributed by atoms with van der Waals surface area (Å²) < 4.78 is 32.6. The minimum atomic E-state index is -3.65. The number of hydrogen-bond donors (Lipinski definition) is 3. The lowest BCUT2D eigenvalue weighted by molar-refractivity contribution is 0.171. The van der Waals surface area contributed by atoms with E-state index in [1.807, 2.05) is 6.92 Å². The molecular formula is C12H24N4O3S. The van der Waals surface area contributed by atoms with E-state index in [2.05, 4.69) is 20.2 Å². The molecule has 1 unspecified atom stereocenters. The average molecular weight is 304 g/mol. The first-order valence-electron chi connectivity index (χ1n) is 6.66. The fourth-order valence-electron chi connectivity index (χ4n) is 2.04. The smallest absolute Gasteiger partial charge is 0.260 e. The normalized spacial score (nSPS) is 13.6. The van der Waals surface area contributed by atoms with Crippen molar-refractivity contribution in [2.24, 2.45) is 0 Å². The number of nitrogens with one attached hydrogen (secondary N) is 3. The highest BCUT2D eigenvalue weighted by atomic mass is 32.2. The Labute approximate surface area is 120 Å². The second kappa shape index (κ2) is 7.72. The van der Waals surface area contributed by atoms with E-state index in [-0.39, 0.29) is 11.1 Å². The third-order valence-corrected chi connectivity index (χ3v) is 4.46. The molecule has 0 saturated carbocycles. The van der Waals surface area contributed by atoms with Gasteiger partial charge in [-0.05, 0) is 20.4 Å². The van der Waals surface area contributed by atoms with Crippen LogP contribution in [0.25, 0.3) is 0 Å². The van der Waals surface area contributed by atoms with E-state index >= 15 is 0 Å². The summed E-state index contributed by atoms with van der Waals surface area (Å²) in [6.07, 6.45) is 1.59. The van der Waals surface area contributed by atoms with Gasteiger partial charge >= 0.3 is 0 Å². The minimum absolute atomic E-state index is 0.0570. The fraction of sp³-hybridized carbons (Fsp3) is 0.750. The van der Waals surface area contributed by atoms with Crippen molar-refractivity contribution >= 4 is 10.0 Å². The number of aryl methyl sites for hydroxylation is 1. The summed E-state index contributed by atoms with van der Waals surface area (Å²) in [4.78, 5) is 0. The molecule has 0 aliphatic rings. The van der Waals surface area contributed by atoms with Gasteiger partial charge in [-0.2, -0.15) is 5.10 Å². The van der Waals surface area contributed by atoms with Gasteiger partial charge in [0.25, 0.3) is 10.0 Å². The zero-order valence-electron chi connectivity index (χ0n) is 12.5. The third-order valence-electron chi connectivity index (χ3n) is 2.97. The molecule has 20 heavy (non-hydrogen) atoms. The van der Waals surface area contributed by atoms with Gasteiger partial charge in [0.05, 0.1) is 6.61 Å². The predicted molar refractivity (Wildman–Crippen MR) is 77.0 cm³/mol. The SMILES string of the molecule is CCCC(COC)NS(=O)(=O)c1n[nH]c(C)c1CNC. The molecule has 0 saturated heterocycles. The lowest BCUT2D eigenvalue weighted by Gasteiger charge is -2.16. The number of H-pyrrole nitrogens is 1. The molecule has 1 aromatic heterocycles. The van der Waals surface area contributed by atoms with Crippen LogP contribution >= 0.6 is 0 Å². The van der Waals surface area contributed by atoms with Crippen molar-refractivity contribution in [3.8, 4) is 0 Å². The van der Waals surface area contributed by atoms with Crippen molar-refractivity contribution in [1.29, 1.82) is 0 Å². The quantitative estimate of drug-likeness (QED) is 0.618. The van der Waals surface area contributed by atoms with E-state index in [1.54, 1.807) is 21.1 Å². The van der Waals surface area contributed by atoms with Gasteiger partial charge in [0, 0.05) is 31.0 Å². The second-order valence-electron chi connectivity index (χ2n) is 4.72. The van der Waals surface area contributed by atoms with Crippen LogP contribution in [0.2, 0.25) is 0 Å². The summed E-state index contributed by atoms with van der Waals surface area (Å²) in [6.45, 7) is 4.60. The van der Waals surface area contributed by atoms with Crippen molar-refractivity contribution < 1.29 is 13.2 Å². The van der Waals surface area contributed by atoms with Crippen LogP contribution in [0.15, 0.2) is 5.03 Å². The first-order chi connectivity index (χ1) is 9.46. The molecule has 0 amide bonds. The summed E-state index contributed by atoms with van der Waals surface area (Å²) in [6, 6.07) is -0.241. The van der Waals surface area contributed by atoms with Crippen LogP contribution in [0.5, 0.6) is 0 Å². The van der Waals surface area contributed by atoms with E-state index in [0.29, 0.717) is 18.7 Å². The molecule has 0 aromatic carbocycles. The molecule has 0 fully saturated rings. The topological polar surface area (TPSA) is 96.1 Å². The zero-order valence-corrected chi connectivity index (χ0v) is 13.3. The zero-order chi connectivity index (χ0) is 15.2. The Morgan fingerprint density at radius 1 is 1.45 bits per heavy atom. The number of nitrogens with zero attached hydrogens (tertiary/aromatic N) is 1. The Hall–Kier alpha value is -0.960. The Balaban J connectivity index is 2.97. The van der Waals surface area contributed by atoms with Gasteiger partial charge in [-0.3, -0.25) is 5.10 Å². The van der Waals surface area contributed by atoms with Gasteiger partial charge in [0.1, 0.15) is 0 Å². The lowest BCUT2D eigenvalue weighted by atomic mass is 10.2. The molecule has 0 aliphatic carbocycles. The molecule has 1 aromatic rings. The maximum absolute atomic E-state index is 12.4. The third kappa shape index (κ3) is 4.27. The molecule has 0 spiro atoms. The van der Waals surface area contributed by atoms with Crippen molar-refractivity contribution in [2.45, 2.75) is 44.3 Å². The molecule has 116 valence electrons. The molecule has 0 bridgehead atoms. The Bertz CT molecular complexity index is 507. The standard InChI is InChI=1S/C12H24N4O3S/c1-5-6-10(8-19-4)16-20(17,18)12-11(7-13-3)9(2)14-15-12/h10,13,16H,5-8H2,1-4H3,(H,14,15). The Morgan fingerprint density at radius 3 is 2.70 bits per heavy atom. The van der Waals surface area contributed by atoms with Crippen LogP contribution in [0.1, 0.15) is 31.0 Å². The summed E-state index contributed by atoms with van der Waals surface area (Å²) in [5.74, 6) is 0. The summed E-state index contributed by atoms with van der Waals surface area (Å²) >= 11 is 0. The number of ether oxygens (including phenoxy) is 1. The molecular weight excluding hydrogens is 280 g/mol. The van der Waals surface area contributed by atoms with Gasteiger partial charge in [-0.25, -0.2) is 13.1 Å². The van der Waals surface area contributed by atoms with E-state index in [0.717, 1.165) is 18.5 Å². The lowest BCUT2D eigenvalue weighted by Crippen LogP contribution is -2.38. The molecule has 8 heteroatoms. The van der Waals surface area contributed by atoms with Crippen molar-refractivity contribution in [3.05, 3.63) is 11.3 Å². The van der Waals surface area contributed by atoms with Crippen LogP contribution < -0.4 is 10.0 Å². The van der Waals surface area contributed by atoms with E-state index in [9.17, 15) is 8.42 Å². The Kier molecular flexibility index (Phi) is 6.60. The van der Waals surface area contributed by atoms with E-state index in [1.165, 1.54) is 0 Å². The highest BCUT2D eigenvalue weighted by Crippen LogP contribution is 2.16. The minimum Gasteiger partial charge on any atom is -0.383 e. The van der Waals surface area contributed by atoms with Gasteiger partial charge in [-0.1, -0.05) is 13.3 Å². The van der Waals surface area contributed by atoms with Crippen LogP contribution in [0.4, 0.5) is 0 Å². The molecule has 0 radical (unpaired) electrons. The summed E-state index contributed by atoms with van der Waals surface area (Å²) in [5, 5.41) is 9.66. The summed E-state index contributed by atoms with van der Waals surface area (Å²) in [5.41, 5.74) is 1.41. The molecule has 3 N–H and O–H groups in total. The highest BCUT2D eigenvalue weighted by molar-refractivity contribution is 7.89. The van der Waals surface area contributed by atoms with E-state index < -0.39 is 10.0 Å². The van der Waals surface area contributed by atoms with Gasteiger partial charge < -0.3 is 10.1 Å². The van der Waals surface area contributed by atoms with Crippen molar-refractivity contribution in [2.75, 3.05) is 20.8 Å². The maximum Gasteiger partial charge on any atom is 0.260 e.